The van der Waals surface area contributed by atoms with Crippen LogP contribution in [0.5, 0.6) is 0 Å². The molecule has 2 saturated heterocycles. The molecule has 3 heterocycles. The summed E-state index contributed by atoms with van der Waals surface area (Å²) in [5, 5.41) is 12.9. The predicted octanol–water partition coefficient (Wildman–Crippen LogP) is 2.48. The Hall–Kier alpha value is -0.420. The van der Waals surface area contributed by atoms with Gasteiger partial charge in [0.05, 0.1) is 11.6 Å². The first-order chi connectivity index (χ1) is 9.56. The Labute approximate surface area is 126 Å². The minimum atomic E-state index is -0.522. The van der Waals surface area contributed by atoms with E-state index in [1.807, 2.05) is 18.3 Å². The van der Waals surface area contributed by atoms with Crippen LogP contribution in [0.15, 0.2) is 11.4 Å². The van der Waals surface area contributed by atoms with Crippen LogP contribution in [0.3, 0.4) is 0 Å². The summed E-state index contributed by atoms with van der Waals surface area (Å²) >= 11 is 1.86. The van der Waals surface area contributed by atoms with Gasteiger partial charge in [-0.15, -0.1) is 11.3 Å². The molecule has 1 aromatic rings. The van der Waals surface area contributed by atoms with E-state index >= 15 is 0 Å². The number of hydrogen-bond acceptors (Lipinski definition) is 4. The van der Waals surface area contributed by atoms with Crippen molar-refractivity contribution in [1.82, 2.24) is 9.80 Å². The number of aryl methyl sites for hydroxylation is 1. The molecule has 0 saturated carbocycles. The van der Waals surface area contributed by atoms with Crippen molar-refractivity contribution in [1.29, 1.82) is 0 Å². The Kier molecular flexibility index (Phi) is 4.18. The van der Waals surface area contributed by atoms with E-state index in [0.717, 1.165) is 39.1 Å². The summed E-state index contributed by atoms with van der Waals surface area (Å²) in [6, 6.07) is 2.51. The van der Waals surface area contributed by atoms with E-state index in [9.17, 15) is 5.11 Å². The molecule has 4 heteroatoms. The maximum absolute atomic E-state index is 10.7. The zero-order valence-electron chi connectivity index (χ0n) is 12.6. The van der Waals surface area contributed by atoms with E-state index in [-0.39, 0.29) is 0 Å². The number of likely N-dealkylation sites (tertiary alicyclic amines) is 2. The standard InChI is InChI=1S/C16H26N2OS/c1-13-5-10-20-14(13)11-17-9-6-16(2,19)15(12-17)18-7-3-4-8-18/h5,10,15,19H,3-4,6-9,11-12H2,1-2H3. The fourth-order valence-electron chi connectivity index (χ4n) is 3.56. The van der Waals surface area contributed by atoms with Crippen LogP contribution in [-0.4, -0.2) is 52.7 Å². The van der Waals surface area contributed by atoms with Crippen molar-refractivity contribution in [3.05, 3.63) is 21.9 Å². The molecule has 3 rings (SSSR count). The number of piperidine rings is 1. The van der Waals surface area contributed by atoms with Crippen molar-refractivity contribution in [2.45, 2.75) is 51.3 Å². The summed E-state index contributed by atoms with van der Waals surface area (Å²) < 4.78 is 0. The molecule has 2 aliphatic heterocycles. The molecule has 0 aliphatic carbocycles. The van der Waals surface area contributed by atoms with Crippen LogP contribution in [-0.2, 0) is 6.54 Å². The predicted molar refractivity (Wildman–Crippen MR) is 84.2 cm³/mol. The summed E-state index contributed by atoms with van der Waals surface area (Å²) in [6.07, 6.45) is 3.46. The van der Waals surface area contributed by atoms with Gasteiger partial charge in [0, 0.05) is 24.5 Å². The Morgan fingerprint density at radius 3 is 2.75 bits per heavy atom. The van der Waals surface area contributed by atoms with Gasteiger partial charge >= 0.3 is 0 Å². The SMILES string of the molecule is Cc1ccsc1CN1CCC(C)(O)C(N2CCCC2)C1. The molecule has 20 heavy (non-hydrogen) atoms. The number of hydrogen-bond donors (Lipinski definition) is 1. The van der Waals surface area contributed by atoms with E-state index in [4.69, 9.17) is 0 Å². The van der Waals surface area contributed by atoms with Crippen molar-refractivity contribution < 1.29 is 5.11 Å². The van der Waals surface area contributed by atoms with Crippen molar-refractivity contribution in [3.63, 3.8) is 0 Å². The topological polar surface area (TPSA) is 26.7 Å². The van der Waals surface area contributed by atoms with E-state index in [0.29, 0.717) is 6.04 Å². The number of thiophene rings is 1. The van der Waals surface area contributed by atoms with Gasteiger partial charge in [0.1, 0.15) is 0 Å². The Bertz CT molecular complexity index is 451. The molecule has 0 aromatic carbocycles. The number of rotatable bonds is 3. The summed E-state index contributed by atoms with van der Waals surface area (Å²) in [6.45, 7) is 9.61. The molecular formula is C16H26N2OS. The van der Waals surface area contributed by atoms with E-state index in [2.05, 4.69) is 28.2 Å². The van der Waals surface area contributed by atoms with Gasteiger partial charge < -0.3 is 5.11 Å². The zero-order valence-corrected chi connectivity index (χ0v) is 13.5. The lowest BCUT2D eigenvalue weighted by Gasteiger charge is -2.46. The van der Waals surface area contributed by atoms with Crippen LogP contribution in [0.4, 0.5) is 0 Å². The Morgan fingerprint density at radius 2 is 2.10 bits per heavy atom. The molecule has 2 atom stereocenters. The maximum Gasteiger partial charge on any atom is 0.0798 e. The molecule has 0 radical (unpaired) electrons. The highest BCUT2D eigenvalue weighted by atomic mass is 32.1. The molecule has 1 aromatic heterocycles. The molecule has 0 spiro atoms. The van der Waals surface area contributed by atoms with Gasteiger partial charge in [-0.05, 0) is 63.2 Å². The Morgan fingerprint density at radius 1 is 1.35 bits per heavy atom. The lowest BCUT2D eigenvalue weighted by atomic mass is 9.87. The first-order valence-corrected chi connectivity index (χ1v) is 8.66. The molecule has 2 unspecified atom stereocenters. The monoisotopic (exact) mass is 294 g/mol. The third-order valence-electron chi connectivity index (χ3n) is 5.00. The molecular weight excluding hydrogens is 268 g/mol. The highest BCUT2D eigenvalue weighted by molar-refractivity contribution is 7.10. The molecule has 2 fully saturated rings. The quantitative estimate of drug-likeness (QED) is 0.928. The van der Waals surface area contributed by atoms with Crippen molar-refractivity contribution >= 4 is 11.3 Å². The van der Waals surface area contributed by atoms with Gasteiger partial charge in [0.2, 0.25) is 0 Å². The van der Waals surface area contributed by atoms with Crippen LogP contribution in [0.2, 0.25) is 0 Å². The van der Waals surface area contributed by atoms with Crippen LogP contribution in [0.1, 0.15) is 36.6 Å². The highest BCUT2D eigenvalue weighted by Crippen LogP contribution is 2.30. The van der Waals surface area contributed by atoms with Crippen LogP contribution in [0.25, 0.3) is 0 Å². The highest BCUT2D eigenvalue weighted by Gasteiger charge is 2.41. The first kappa shape index (κ1) is 14.5. The fourth-order valence-corrected chi connectivity index (χ4v) is 4.51. The summed E-state index contributed by atoms with van der Waals surface area (Å²) in [5.74, 6) is 0. The van der Waals surface area contributed by atoms with Crippen molar-refractivity contribution in [3.8, 4) is 0 Å². The second-order valence-corrected chi connectivity index (χ2v) is 7.63. The largest absolute Gasteiger partial charge is 0.388 e. The molecule has 3 nitrogen and oxygen atoms in total. The smallest absolute Gasteiger partial charge is 0.0798 e. The van der Waals surface area contributed by atoms with Crippen LogP contribution >= 0.6 is 11.3 Å². The zero-order chi connectivity index (χ0) is 14.2. The van der Waals surface area contributed by atoms with Gasteiger partial charge in [-0.1, -0.05) is 0 Å². The lowest BCUT2D eigenvalue weighted by molar-refractivity contribution is -0.0774. The van der Waals surface area contributed by atoms with Crippen LogP contribution in [0, 0.1) is 6.92 Å². The van der Waals surface area contributed by atoms with E-state index < -0.39 is 5.60 Å². The van der Waals surface area contributed by atoms with Crippen molar-refractivity contribution in [2.75, 3.05) is 26.2 Å². The first-order valence-electron chi connectivity index (χ1n) is 7.78. The minimum Gasteiger partial charge on any atom is -0.388 e. The second-order valence-electron chi connectivity index (χ2n) is 6.63. The van der Waals surface area contributed by atoms with E-state index in [1.165, 1.54) is 23.3 Å². The molecule has 1 N–H and O–H groups in total. The lowest BCUT2D eigenvalue weighted by Crippen LogP contribution is -2.60. The van der Waals surface area contributed by atoms with Gasteiger partial charge in [-0.25, -0.2) is 0 Å². The van der Waals surface area contributed by atoms with Gasteiger partial charge in [0.25, 0.3) is 0 Å². The average molecular weight is 294 g/mol. The minimum absolute atomic E-state index is 0.305. The van der Waals surface area contributed by atoms with Gasteiger partial charge in [0.15, 0.2) is 0 Å². The molecule has 0 amide bonds. The summed E-state index contributed by atoms with van der Waals surface area (Å²) in [4.78, 5) is 6.51. The normalized spacial score (nSPS) is 32.9. The second kappa shape index (κ2) is 5.76. The molecule has 112 valence electrons. The van der Waals surface area contributed by atoms with Crippen LogP contribution < -0.4 is 0 Å². The average Bonchev–Trinajstić information content (AvgIpc) is 3.04. The van der Waals surface area contributed by atoms with Gasteiger partial charge in [-0.3, -0.25) is 9.80 Å². The van der Waals surface area contributed by atoms with Crippen molar-refractivity contribution in [2.24, 2.45) is 0 Å². The third-order valence-corrected chi connectivity index (χ3v) is 6.01. The summed E-state index contributed by atoms with van der Waals surface area (Å²) in [7, 11) is 0. The third kappa shape index (κ3) is 2.93. The number of nitrogens with zero attached hydrogens (tertiary/aromatic N) is 2. The molecule has 2 aliphatic rings. The molecule has 0 bridgehead atoms. The van der Waals surface area contributed by atoms with E-state index in [1.54, 1.807) is 0 Å². The number of aliphatic hydroxyl groups is 1. The Balaban J connectivity index is 1.68. The fraction of sp³-hybridized carbons (Fsp3) is 0.750. The summed E-state index contributed by atoms with van der Waals surface area (Å²) in [5.41, 5.74) is 0.885. The maximum atomic E-state index is 10.7. The van der Waals surface area contributed by atoms with Gasteiger partial charge in [-0.2, -0.15) is 0 Å².